The largest absolute Gasteiger partial charge is 0.468 e. The van der Waals surface area contributed by atoms with E-state index in [1.165, 1.54) is 6.42 Å². The highest BCUT2D eigenvalue weighted by Crippen LogP contribution is 2.47. The second-order valence-corrected chi connectivity index (χ2v) is 7.46. The average Bonchev–Trinajstić information content (AvgIpc) is 2.54. The lowest BCUT2D eigenvalue weighted by Crippen LogP contribution is -2.54. The van der Waals surface area contributed by atoms with Gasteiger partial charge in [-0.3, -0.25) is 0 Å². The highest BCUT2D eigenvalue weighted by atomic mass is 16.5. The van der Waals surface area contributed by atoms with E-state index in [-0.39, 0.29) is 18.0 Å². The van der Waals surface area contributed by atoms with E-state index >= 15 is 0 Å². The Morgan fingerprint density at radius 1 is 1.25 bits per heavy atom. The summed E-state index contributed by atoms with van der Waals surface area (Å²) in [5.41, 5.74) is 2.28. The molecule has 2 bridgehead atoms. The fourth-order valence-electron chi connectivity index (χ4n) is 4.40. The average molecular weight is 327 g/mol. The van der Waals surface area contributed by atoms with Gasteiger partial charge in [-0.25, -0.2) is 4.79 Å². The third kappa shape index (κ3) is 2.68. The van der Waals surface area contributed by atoms with Gasteiger partial charge in [0.25, 0.3) is 0 Å². The van der Waals surface area contributed by atoms with Crippen molar-refractivity contribution in [3.8, 4) is 5.75 Å². The van der Waals surface area contributed by atoms with Gasteiger partial charge in [-0.2, -0.15) is 0 Å². The van der Waals surface area contributed by atoms with Crippen LogP contribution >= 0.6 is 0 Å². The smallest absolute Gasteiger partial charge is 0.336 e. The maximum absolute atomic E-state index is 12.9. The number of hydrogen-bond acceptors (Lipinski definition) is 4. The molecule has 0 radical (unpaired) electrons. The van der Waals surface area contributed by atoms with E-state index in [2.05, 4.69) is 11.4 Å². The van der Waals surface area contributed by atoms with Crippen molar-refractivity contribution in [2.75, 3.05) is 0 Å². The Morgan fingerprint density at radius 2 is 2.00 bits per heavy atom. The molecule has 1 aromatic rings. The Morgan fingerprint density at radius 3 is 2.79 bits per heavy atom. The molecular formula is C20H25NO3. The zero-order chi connectivity index (χ0) is 16.7. The summed E-state index contributed by atoms with van der Waals surface area (Å²) in [6.45, 7) is 4.00. The first-order chi connectivity index (χ1) is 11.6. The third-order valence-electron chi connectivity index (χ3n) is 5.47. The lowest BCUT2D eigenvalue weighted by atomic mass is 9.78. The van der Waals surface area contributed by atoms with Gasteiger partial charge in [-0.05, 0) is 45.6 Å². The summed E-state index contributed by atoms with van der Waals surface area (Å²) in [7, 11) is 0. The summed E-state index contributed by atoms with van der Waals surface area (Å²) in [4.78, 5) is 12.9. The van der Waals surface area contributed by atoms with Gasteiger partial charge in [0.1, 0.15) is 11.9 Å². The molecule has 0 aromatic heterocycles. The summed E-state index contributed by atoms with van der Waals surface area (Å²) >= 11 is 0. The SMILES string of the molecule is CC1=C(C(=O)OC2CCCCC2)[C@@H]2C[C@@](C)(N1)Oc1ccccc12. The zero-order valence-electron chi connectivity index (χ0n) is 14.4. The number of rotatable bonds is 2. The number of fused-ring (bicyclic) bond motifs is 4. The monoisotopic (exact) mass is 327 g/mol. The maximum Gasteiger partial charge on any atom is 0.336 e. The molecule has 4 rings (SSSR count). The normalized spacial score (nSPS) is 29.3. The van der Waals surface area contributed by atoms with Crippen LogP contribution in [0.3, 0.4) is 0 Å². The molecule has 0 saturated heterocycles. The summed E-state index contributed by atoms with van der Waals surface area (Å²) in [6.07, 6.45) is 6.38. The van der Waals surface area contributed by atoms with Crippen LogP contribution in [0.4, 0.5) is 0 Å². The lowest BCUT2D eigenvalue weighted by molar-refractivity contribution is -0.146. The maximum atomic E-state index is 12.9. The van der Waals surface area contributed by atoms with Crippen LogP contribution in [0.1, 0.15) is 63.9 Å². The van der Waals surface area contributed by atoms with Crippen LogP contribution in [0.25, 0.3) is 0 Å². The predicted molar refractivity (Wildman–Crippen MR) is 91.6 cm³/mol. The number of allylic oxidation sites excluding steroid dienone is 1. The fourth-order valence-corrected chi connectivity index (χ4v) is 4.40. The molecular weight excluding hydrogens is 302 g/mol. The number of benzene rings is 1. The van der Waals surface area contributed by atoms with Crippen molar-refractivity contribution in [2.24, 2.45) is 0 Å². The first-order valence-electron chi connectivity index (χ1n) is 9.04. The lowest BCUT2D eigenvalue weighted by Gasteiger charge is -2.45. The van der Waals surface area contributed by atoms with Gasteiger partial charge in [0.2, 0.25) is 0 Å². The Balaban J connectivity index is 1.65. The molecule has 0 spiro atoms. The molecule has 2 atom stereocenters. The van der Waals surface area contributed by atoms with Gasteiger partial charge in [0.15, 0.2) is 5.72 Å². The van der Waals surface area contributed by atoms with Gasteiger partial charge in [-0.15, -0.1) is 0 Å². The van der Waals surface area contributed by atoms with Gasteiger partial charge in [0, 0.05) is 23.6 Å². The van der Waals surface area contributed by atoms with E-state index in [1.54, 1.807) is 0 Å². The molecule has 1 aliphatic carbocycles. The molecule has 24 heavy (non-hydrogen) atoms. The van der Waals surface area contributed by atoms with E-state index in [0.29, 0.717) is 0 Å². The standard InChI is InChI=1S/C20H25NO3/c1-13-18(19(22)23-14-8-4-3-5-9-14)16-12-20(2,21-13)24-17-11-7-6-10-15(16)17/h6-7,10-11,14,16,21H,3-5,8-9,12H2,1-2H3/t16-,20+/m1/s1. The second kappa shape index (κ2) is 5.83. The van der Waals surface area contributed by atoms with Crippen molar-refractivity contribution in [1.29, 1.82) is 0 Å². The van der Waals surface area contributed by atoms with Crippen molar-refractivity contribution in [3.05, 3.63) is 41.1 Å². The minimum Gasteiger partial charge on any atom is -0.468 e. The Kier molecular flexibility index (Phi) is 3.78. The molecule has 128 valence electrons. The van der Waals surface area contributed by atoms with Gasteiger partial charge >= 0.3 is 5.97 Å². The molecule has 1 aromatic carbocycles. The number of ether oxygens (including phenoxy) is 2. The molecule has 1 fully saturated rings. The van der Waals surface area contributed by atoms with Crippen LogP contribution in [0.15, 0.2) is 35.5 Å². The number of carbonyl (C=O) groups is 1. The summed E-state index contributed by atoms with van der Waals surface area (Å²) in [5.74, 6) is 0.743. The highest BCUT2D eigenvalue weighted by Gasteiger charge is 2.45. The van der Waals surface area contributed by atoms with E-state index in [1.807, 2.05) is 32.0 Å². The molecule has 3 aliphatic rings. The van der Waals surface area contributed by atoms with Crippen LogP contribution in [-0.4, -0.2) is 17.8 Å². The Bertz CT molecular complexity index is 690. The van der Waals surface area contributed by atoms with E-state index in [4.69, 9.17) is 9.47 Å². The minimum absolute atomic E-state index is 0.0392. The van der Waals surface area contributed by atoms with Crippen LogP contribution < -0.4 is 10.1 Å². The summed E-state index contributed by atoms with van der Waals surface area (Å²) in [5, 5.41) is 3.39. The van der Waals surface area contributed by atoms with Crippen LogP contribution in [0.2, 0.25) is 0 Å². The van der Waals surface area contributed by atoms with Crippen LogP contribution in [0, 0.1) is 0 Å². The predicted octanol–water partition coefficient (Wildman–Crippen LogP) is 4.02. The van der Waals surface area contributed by atoms with Crippen molar-refractivity contribution < 1.29 is 14.3 Å². The number of esters is 1. The molecule has 4 heteroatoms. The molecule has 2 heterocycles. The Hall–Kier alpha value is -1.97. The minimum atomic E-state index is -0.461. The fraction of sp³-hybridized carbons (Fsp3) is 0.550. The zero-order valence-corrected chi connectivity index (χ0v) is 14.4. The second-order valence-electron chi connectivity index (χ2n) is 7.46. The van der Waals surface area contributed by atoms with Crippen molar-refractivity contribution in [3.63, 3.8) is 0 Å². The molecule has 0 amide bonds. The first kappa shape index (κ1) is 15.6. The quantitative estimate of drug-likeness (QED) is 0.833. The topological polar surface area (TPSA) is 47.6 Å². The van der Waals surface area contributed by atoms with E-state index in [0.717, 1.165) is 54.7 Å². The molecule has 1 N–H and O–H groups in total. The van der Waals surface area contributed by atoms with Gasteiger partial charge in [-0.1, -0.05) is 24.6 Å². The summed E-state index contributed by atoms with van der Waals surface area (Å²) in [6, 6.07) is 8.02. The first-order valence-corrected chi connectivity index (χ1v) is 9.04. The van der Waals surface area contributed by atoms with Crippen LogP contribution in [-0.2, 0) is 9.53 Å². The number of carbonyl (C=O) groups excluding carboxylic acids is 1. The Labute approximate surface area is 143 Å². The molecule has 2 aliphatic heterocycles. The number of nitrogens with one attached hydrogen (secondary N) is 1. The van der Waals surface area contributed by atoms with Gasteiger partial charge < -0.3 is 14.8 Å². The highest BCUT2D eigenvalue weighted by molar-refractivity contribution is 5.92. The molecule has 1 saturated carbocycles. The van der Waals surface area contributed by atoms with Crippen molar-refractivity contribution in [1.82, 2.24) is 5.32 Å². The number of para-hydroxylation sites is 1. The molecule has 0 unspecified atom stereocenters. The third-order valence-corrected chi connectivity index (χ3v) is 5.47. The van der Waals surface area contributed by atoms with Gasteiger partial charge in [0.05, 0.1) is 5.57 Å². The van der Waals surface area contributed by atoms with E-state index < -0.39 is 5.72 Å². The summed E-state index contributed by atoms with van der Waals surface area (Å²) < 4.78 is 12.0. The number of hydrogen-bond donors (Lipinski definition) is 1. The van der Waals surface area contributed by atoms with Crippen molar-refractivity contribution >= 4 is 5.97 Å². The van der Waals surface area contributed by atoms with Crippen molar-refractivity contribution in [2.45, 2.75) is 70.1 Å². The van der Waals surface area contributed by atoms with E-state index in [9.17, 15) is 4.79 Å². The van der Waals surface area contributed by atoms with Crippen LogP contribution in [0.5, 0.6) is 5.75 Å². The molecule has 4 nitrogen and oxygen atoms in total.